The minimum atomic E-state index is -0.381. The predicted octanol–water partition coefficient (Wildman–Crippen LogP) is 4.29. The van der Waals surface area contributed by atoms with Gasteiger partial charge in [-0.2, -0.15) is 5.26 Å². The van der Waals surface area contributed by atoms with E-state index in [0.717, 1.165) is 30.3 Å². The van der Waals surface area contributed by atoms with E-state index in [-0.39, 0.29) is 17.5 Å². The van der Waals surface area contributed by atoms with Crippen LogP contribution in [0.1, 0.15) is 36.9 Å². The molecule has 0 N–H and O–H groups in total. The first-order chi connectivity index (χ1) is 12.1. The second-order valence-electron chi connectivity index (χ2n) is 5.73. The van der Waals surface area contributed by atoms with Crippen LogP contribution < -0.4 is 0 Å². The van der Waals surface area contributed by atoms with Crippen LogP contribution in [0.15, 0.2) is 35.4 Å². The van der Waals surface area contributed by atoms with Gasteiger partial charge in [0.05, 0.1) is 17.9 Å². The summed E-state index contributed by atoms with van der Waals surface area (Å²) < 4.78 is 19.2. The Balaban J connectivity index is 2.03. The van der Waals surface area contributed by atoms with Crippen LogP contribution in [0, 0.1) is 17.1 Å². The van der Waals surface area contributed by atoms with Gasteiger partial charge in [-0.05, 0) is 31.9 Å². The summed E-state index contributed by atoms with van der Waals surface area (Å²) in [6.07, 6.45) is 2.08. The maximum absolute atomic E-state index is 14.3. The topological polar surface area (TPSA) is 63.0 Å². The number of halogens is 1. The van der Waals surface area contributed by atoms with Gasteiger partial charge in [-0.1, -0.05) is 30.0 Å². The van der Waals surface area contributed by atoms with Gasteiger partial charge in [0.15, 0.2) is 0 Å². The summed E-state index contributed by atoms with van der Waals surface area (Å²) in [6, 6.07) is 10.3. The number of hydrogen-bond acceptors (Lipinski definition) is 5. The third-order valence-electron chi connectivity index (χ3n) is 3.91. The molecule has 0 amide bonds. The molecule has 0 saturated heterocycles. The molecule has 1 aliphatic carbocycles. The highest BCUT2D eigenvalue weighted by atomic mass is 32.2. The van der Waals surface area contributed by atoms with Crippen molar-refractivity contribution in [1.82, 2.24) is 4.98 Å². The Hall–Kier alpha value is -2.39. The summed E-state index contributed by atoms with van der Waals surface area (Å²) in [7, 11) is 0. The number of carbonyl (C=O) groups is 1. The summed E-state index contributed by atoms with van der Waals surface area (Å²) in [5, 5.41) is 10.1. The van der Waals surface area contributed by atoms with Crippen molar-refractivity contribution >= 4 is 17.7 Å². The van der Waals surface area contributed by atoms with E-state index in [9.17, 15) is 14.4 Å². The SMILES string of the molecule is CCOC(=O)CSc1nc(C2CC2)cc(-c2ccccc2F)c1C#N. The van der Waals surface area contributed by atoms with E-state index in [1.807, 2.05) is 6.07 Å². The van der Waals surface area contributed by atoms with Crippen molar-refractivity contribution in [2.75, 3.05) is 12.4 Å². The summed E-state index contributed by atoms with van der Waals surface area (Å²) >= 11 is 1.16. The maximum atomic E-state index is 14.3. The fraction of sp³-hybridized carbons (Fsp3) is 0.316. The molecule has 1 aromatic heterocycles. The minimum Gasteiger partial charge on any atom is -0.465 e. The summed E-state index contributed by atoms with van der Waals surface area (Å²) in [5.41, 5.74) is 2.05. The normalized spacial score (nSPS) is 13.3. The van der Waals surface area contributed by atoms with Crippen LogP contribution in [0.2, 0.25) is 0 Å². The van der Waals surface area contributed by atoms with Gasteiger partial charge in [-0.15, -0.1) is 0 Å². The van der Waals surface area contributed by atoms with Crippen molar-refractivity contribution in [3.63, 3.8) is 0 Å². The van der Waals surface area contributed by atoms with E-state index in [0.29, 0.717) is 34.2 Å². The van der Waals surface area contributed by atoms with E-state index >= 15 is 0 Å². The number of pyridine rings is 1. The molecule has 4 nitrogen and oxygen atoms in total. The van der Waals surface area contributed by atoms with Crippen molar-refractivity contribution in [2.24, 2.45) is 0 Å². The number of rotatable bonds is 6. The summed E-state index contributed by atoms with van der Waals surface area (Å²) in [6.45, 7) is 2.05. The number of ether oxygens (including phenoxy) is 1. The monoisotopic (exact) mass is 356 g/mol. The van der Waals surface area contributed by atoms with Gasteiger partial charge in [-0.25, -0.2) is 9.37 Å². The van der Waals surface area contributed by atoms with Crippen LogP contribution >= 0.6 is 11.8 Å². The molecule has 0 unspecified atom stereocenters. The first kappa shape index (κ1) is 17.4. The molecule has 3 rings (SSSR count). The molecule has 0 atom stereocenters. The van der Waals surface area contributed by atoms with E-state index in [1.165, 1.54) is 6.07 Å². The zero-order valence-corrected chi connectivity index (χ0v) is 14.6. The van der Waals surface area contributed by atoms with Crippen LogP contribution in [-0.2, 0) is 9.53 Å². The predicted molar refractivity (Wildman–Crippen MR) is 93.7 cm³/mol. The first-order valence-corrected chi connectivity index (χ1v) is 9.11. The van der Waals surface area contributed by atoms with Crippen molar-refractivity contribution in [2.45, 2.75) is 30.7 Å². The fourth-order valence-electron chi connectivity index (χ4n) is 2.56. The van der Waals surface area contributed by atoms with Crippen LogP contribution in [0.3, 0.4) is 0 Å². The van der Waals surface area contributed by atoms with Gasteiger partial charge in [-0.3, -0.25) is 4.79 Å². The van der Waals surface area contributed by atoms with Crippen molar-refractivity contribution in [1.29, 1.82) is 5.26 Å². The lowest BCUT2D eigenvalue weighted by Crippen LogP contribution is -2.07. The minimum absolute atomic E-state index is 0.0698. The highest BCUT2D eigenvalue weighted by molar-refractivity contribution is 7.99. The number of benzene rings is 1. The van der Waals surface area contributed by atoms with E-state index in [1.54, 1.807) is 25.1 Å². The molecule has 2 aromatic rings. The number of thioether (sulfide) groups is 1. The van der Waals surface area contributed by atoms with Gasteiger partial charge in [0.25, 0.3) is 0 Å². The van der Waals surface area contributed by atoms with Gasteiger partial charge in [0, 0.05) is 22.7 Å². The average Bonchev–Trinajstić information content (AvgIpc) is 3.45. The van der Waals surface area contributed by atoms with Crippen molar-refractivity contribution in [3.8, 4) is 17.2 Å². The molecule has 128 valence electrons. The van der Waals surface area contributed by atoms with Crippen LogP contribution in [0.5, 0.6) is 0 Å². The Labute approximate surface area is 150 Å². The van der Waals surface area contributed by atoms with E-state index in [2.05, 4.69) is 11.1 Å². The maximum Gasteiger partial charge on any atom is 0.316 e. The second kappa shape index (κ2) is 7.66. The van der Waals surface area contributed by atoms with E-state index < -0.39 is 0 Å². The Kier molecular flexibility index (Phi) is 5.34. The van der Waals surface area contributed by atoms with Crippen molar-refractivity contribution < 1.29 is 13.9 Å². The zero-order valence-electron chi connectivity index (χ0n) is 13.8. The molecular weight excluding hydrogens is 339 g/mol. The molecule has 1 saturated carbocycles. The zero-order chi connectivity index (χ0) is 17.8. The molecule has 0 bridgehead atoms. The van der Waals surface area contributed by atoms with Gasteiger partial charge in [0.2, 0.25) is 0 Å². The third-order valence-corrected chi connectivity index (χ3v) is 4.86. The first-order valence-electron chi connectivity index (χ1n) is 8.12. The molecular formula is C19H17FN2O2S. The lowest BCUT2D eigenvalue weighted by Gasteiger charge is -2.12. The van der Waals surface area contributed by atoms with Crippen LogP contribution in [-0.4, -0.2) is 23.3 Å². The van der Waals surface area contributed by atoms with E-state index in [4.69, 9.17) is 4.74 Å². The smallest absolute Gasteiger partial charge is 0.316 e. The molecule has 1 aliphatic rings. The number of carbonyl (C=O) groups excluding carboxylic acids is 1. The lowest BCUT2D eigenvalue weighted by atomic mass is 10.00. The number of aromatic nitrogens is 1. The third kappa shape index (κ3) is 3.99. The number of nitrogens with zero attached hydrogens (tertiary/aromatic N) is 2. The summed E-state index contributed by atoms with van der Waals surface area (Å²) in [5.74, 6) is -0.323. The molecule has 1 heterocycles. The highest BCUT2D eigenvalue weighted by Gasteiger charge is 2.28. The van der Waals surface area contributed by atoms with Crippen LogP contribution in [0.4, 0.5) is 4.39 Å². The standard InChI is InChI=1S/C19H17FN2O2S/c1-2-24-18(23)11-25-19-15(10-21)14(9-17(22-19)12-7-8-12)13-5-3-4-6-16(13)20/h3-6,9,12H,2,7-8,11H2,1H3. The second-order valence-corrected chi connectivity index (χ2v) is 6.70. The summed E-state index contributed by atoms with van der Waals surface area (Å²) in [4.78, 5) is 16.2. The highest BCUT2D eigenvalue weighted by Crippen LogP contribution is 2.42. The largest absolute Gasteiger partial charge is 0.465 e. The molecule has 1 aromatic carbocycles. The Morgan fingerprint density at radius 3 is 2.80 bits per heavy atom. The Morgan fingerprint density at radius 2 is 2.16 bits per heavy atom. The molecule has 0 radical (unpaired) electrons. The molecule has 25 heavy (non-hydrogen) atoms. The Morgan fingerprint density at radius 1 is 1.40 bits per heavy atom. The van der Waals surface area contributed by atoms with Crippen LogP contribution in [0.25, 0.3) is 11.1 Å². The molecule has 6 heteroatoms. The molecule has 0 aliphatic heterocycles. The molecule has 0 spiro atoms. The van der Waals surface area contributed by atoms with Crippen molar-refractivity contribution in [3.05, 3.63) is 47.4 Å². The lowest BCUT2D eigenvalue weighted by molar-refractivity contribution is -0.139. The average molecular weight is 356 g/mol. The number of esters is 1. The number of hydrogen-bond donors (Lipinski definition) is 0. The fourth-order valence-corrected chi connectivity index (χ4v) is 3.37. The van der Waals surface area contributed by atoms with Gasteiger partial charge in [0.1, 0.15) is 16.9 Å². The van der Waals surface area contributed by atoms with Gasteiger partial charge >= 0.3 is 5.97 Å². The molecule has 1 fully saturated rings. The Bertz CT molecular complexity index is 844. The van der Waals surface area contributed by atoms with Gasteiger partial charge < -0.3 is 4.74 Å². The quantitative estimate of drug-likeness (QED) is 0.571. The number of nitriles is 1.